The zero-order valence-electron chi connectivity index (χ0n) is 18.4. The second kappa shape index (κ2) is 8.31. The molecule has 3 saturated carbocycles. The van der Waals surface area contributed by atoms with Gasteiger partial charge in [0.15, 0.2) is 11.4 Å². The van der Waals surface area contributed by atoms with Crippen molar-refractivity contribution in [2.45, 2.75) is 77.2 Å². The van der Waals surface area contributed by atoms with Gasteiger partial charge in [0.25, 0.3) is 0 Å². The zero-order valence-corrected chi connectivity index (χ0v) is 19.3. The second-order valence-electron chi connectivity index (χ2n) is 9.95. The third kappa shape index (κ3) is 3.63. The molecule has 6 heteroatoms. The first-order valence-corrected chi connectivity index (χ1v) is 12.5. The summed E-state index contributed by atoms with van der Waals surface area (Å²) in [5.41, 5.74) is 0.294. The van der Waals surface area contributed by atoms with Gasteiger partial charge in [-0.05, 0) is 74.2 Å². The molecule has 4 rings (SSSR count). The largest absolute Gasteiger partial charge is 0.481 e. The normalized spacial score (nSPS) is 39.2. The molecule has 0 radical (unpaired) electrons. The smallest absolute Gasteiger partial charge is 0.304 e. The van der Waals surface area contributed by atoms with Crippen molar-refractivity contribution in [3.05, 3.63) is 10.5 Å². The number of Topliss-reactive ketones (excluding diaryl/α,β-unsaturated/α-hetero) is 1. The molecule has 31 heavy (non-hydrogen) atoms. The fourth-order valence-corrected chi connectivity index (χ4v) is 8.52. The summed E-state index contributed by atoms with van der Waals surface area (Å²) < 4.78 is 5.82. The third-order valence-corrected chi connectivity index (χ3v) is 9.85. The summed E-state index contributed by atoms with van der Waals surface area (Å²) in [5.74, 6) is 4.36. The molecule has 0 aliphatic heterocycles. The van der Waals surface area contributed by atoms with E-state index in [0.717, 1.165) is 49.9 Å². The molecule has 4 aliphatic rings. The molecule has 6 atom stereocenters. The van der Waals surface area contributed by atoms with E-state index < -0.39 is 11.6 Å². The van der Waals surface area contributed by atoms with Crippen LogP contribution in [-0.4, -0.2) is 34.2 Å². The maximum atomic E-state index is 12.6. The van der Waals surface area contributed by atoms with Crippen LogP contribution in [0.15, 0.2) is 10.5 Å². The Hall–Kier alpha value is -1.74. The van der Waals surface area contributed by atoms with Crippen molar-refractivity contribution in [3.8, 4) is 12.3 Å². The second-order valence-corrected chi connectivity index (χ2v) is 11.1. The van der Waals surface area contributed by atoms with Gasteiger partial charge < -0.3 is 9.84 Å². The van der Waals surface area contributed by atoms with Crippen molar-refractivity contribution in [2.75, 3.05) is 5.75 Å². The minimum atomic E-state index is -0.820. The number of esters is 1. The average Bonchev–Trinajstić information content (AvgIpc) is 3.01. The van der Waals surface area contributed by atoms with Crippen molar-refractivity contribution in [2.24, 2.45) is 29.1 Å². The summed E-state index contributed by atoms with van der Waals surface area (Å²) in [4.78, 5) is 36.3. The lowest BCUT2D eigenvalue weighted by Gasteiger charge is -2.55. The van der Waals surface area contributed by atoms with Crippen molar-refractivity contribution in [1.82, 2.24) is 0 Å². The SMILES string of the molecule is C#C[C@@]1(OC(C)=O)CC[C@@H]2[C@@H]3CCC4=C(SCCC(=O)O)C(=O)CC[C@@H]4[C@H]3CC[C@@]21C. The lowest BCUT2D eigenvalue weighted by Crippen LogP contribution is -2.53. The van der Waals surface area contributed by atoms with Crippen LogP contribution in [0.4, 0.5) is 0 Å². The molecule has 0 saturated heterocycles. The van der Waals surface area contributed by atoms with E-state index in [2.05, 4.69) is 12.8 Å². The van der Waals surface area contributed by atoms with Gasteiger partial charge in [-0.2, -0.15) is 0 Å². The summed E-state index contributed by atoms with van der Waals surface area (Å²) in [5, 5.41) is 8.96. The van der Waals surface area contributed by atoms with E-state index in [-0.39, 0.29) is 23.6 Å². The Morgan fingerprint density at radius 2 is 1.97 bits per heavy atom. The first kappa shape index (κ1) is 22.5. The molecule has 0 spiro atoms. The standard InChI is InChI=1S/C25H32O5S/c1-4-25(30-15(2)26)13-10-20-18-5-6-19-16(17(18)9-12-24(20,25)3)7-8-21(27)23(19)31-14-11-22(28)29/h1,16-18,20H,5-14H2,2-3H3,(H,28,29)/t16-,17-,18-,20-,24+,25-/m1/s1. The van der Waals surface area contributed by atoms with E-state index in [1.54, 1.807) is 0 Å². The highest BCUT2D eigenvalue weighted by atomic mass is 32.2. The van der Waals surface area contributed by atoms with Crippen LogP contribution in [0.1, 0.15) is 71.6 Å². The number of carboxylic acid groups (broad SMARTS) is 1. The van der Waals surface area contributed by atoms with E-state index in [0.29, 0.717) is 35.8 Å². The monoisotopic (exact) mass is 444 g/mol. The molecule has 5 nitrogen and oxygen atoms in total. The van der Waals surface area contributed by atoms with Gasteiger partial charge >= 0.3 is 11.9 Å². The lowest BCUT2D eigenvalue weighted by atomic mass is 9.50. The van der Waals surface area contributed by atoms with Crippen LogP contribution in [0.2, 0.25) is 0 Å². The summed E-state index contributed by atoms with van der Waals surface area (Å²) in [6.45, 7) is 3.67. The number of rotatable bonds is 5. The number of fused-ring (bicyclic) bond motifs is 5. The van der Waals surface area contributed by atoms with Crippen LogP contribution in [0.3, 0.4) is 0 Å². The maximum absolute atomic E-state index is 12.6. The van der Waals surface area contributed by atoms with Gasteiger partial charge in [0.1, 0.15) is 0 Å². The fraction of sp³-hybridized carbons (Fsp3) is 0.720. The van der Waals surface area contributed by atoms with Crippen LogP contribution < -0.4 is 0 Å². The van der Waals surface area contributed by atoms with E-state index in [4.69, 9.17) is 16.3 Å². The number of aliphatic carboxylic acids is 1. The Morgan fingerprint density at radius 3 is 2.65 bits per heavy atom. The highest BCUT2D eigenvalue weighted by Crippen LogP contribution is 2.66. The number of hydrogen-bond donors (Lipinski definition) is 1. The molecule has 0 unspecified atom stereocenters. The van der Waals surface area contributed by atoms with Crippen molar-refractivity contribution in [3.63, 3.8) is 0 Å². The molecule has 0 aromatic rings. The van der Waals surface area contributed by atoms with Gasteiger partial charge in [-0.1, -0.05) is 12.8 Å². The van der Waals surface area contributed by atoms with Crippen LogP contribution in [0.25, 0.3) is 0 Å². The van der Waals surface area contributed by atoms with Crippen LogP contribution >= 0.6 is 11.8 Å². The predicted molar refractivity (Wildman–Crippen MR) is 119 cm³/mol. The predicted octanol–water partition coefficient (Wildman–Crippen LogP) is 4.60. The highest BCUT2D eigenvalue weighted by molar-refractivity contribution is 8.04. The first-order valence-electron chi connectivity index (χ1n) is 11.5. The molecule has 4 aliphatic carbocycles. The van der Waals surface area contributed by atoms with Crippen molar-refractivity contribution in [1.29, 1.82) is 0 Å². The van der Waals surface area contributed by atoms with Gasteiger partial charge in [0.05, 0.1) is 6.42 Å². The van der Waals surface area contributed by atoms with Crippen LogP contribution in [0.5, 0.6) is 0 Å². The minimum absolute atomic E-state index is 0.0796. The van der Waals surface area contributed by atoms with Gasteiger partial charge in [0, 0.05) is 29.4 Å². The summed E-state index contributed by atoms with van der Waals surface area (Å²) in [6.07, 6.45) is 13.2. The number of carbonyl (C=O) groups is 3. The first-order chi connectivity index (χ1) is 14.7. The topological polar surface area (TPSA) is 80.7 Å². The number of carboxylic acids is 1. The van der Waals surface area contributed by atoms with Gasteiger partial charge in [-0.25, -0.2) is 0 Å². The highest BCUT2D eigenvalue weighted by Gasteiger charge is 2.64. The maximum Gasteiger partial charge on any atom is 0.304 e. The molecule has 0 aromatic carbocycles. The van der Waals surface area contributed by atoms with Gasteiger partial charge in [-0.15, -0.1) is 18.2 Å². The molecule has 168 valence electrons. The van der Waals surface area contributed by atoms with Crippen molar-refractivity contribution < 1.29 is 24.2 Å². The Kier molecular flexibility index (Phi) is 6.02. The third-order valence-electron chi connectivity index (χ3n) is 8.66. The summed E-state index contributed by atoms with van der Waals surface area (Å²) in [6, 6.07) is 0. The average molecular weight is 445 g/mol. The fourth-order valence-electron chi connectivity index (χ4n) is 7.34. The zero-order chi connectivity index (χ0) is 22.4. The van der Waals surface area contributed by atoms with Gasteiger partial charge in [-0.3, -0.25) is 14.4 Å². The number of ketones is 1. The van der Waals surface area contributed by atoms with E-state index >= 15 is 0 Å². The lowest BCUT2D eigenvalue weighted by molar-refractivity contribution is -0.167. The van der Waals surface area contributed by atoms with E-state index in [1.165, 1.54) is 24.3 Å². The number of ether oxygens (including phenoxy) is 1. The molecule has 0 amide bonds. The van der Waals surface area contributed by atoms with E-state index in [1.807, 2.05) is 0 Å². The Bertz CT molecular complexity index is 870. The quantitative estimate of drug-likeness (QED) is 0.493. The molecule has 1 N–H and O–H groups in total. The van der Waals surface area contributed by atoms with Gasteiger partial charge in [0.2, 0.25) is 0 Å². The Labute approximate surface area is 188 Å². The van der Waals surface area contributed by atoms with Crippen LogP contribution in [0, 0.1) is 41.4 Å². The molecular formula is C25H32O5S. The van der Waals surface area contributed by atoms with Crippen LogP contribution in [-0.2, 0) is 19.1 Å². The number of carbonyl (C=O) groups excluding carboxylic acids is 2. The van der Waals surface area contributed by atoms with Crippen molar-refractivity contribution >= 4 is 29.5 Å². The number of allylic oxidation sites excluding steroid dienone is 1. The molecule has 0 heterocycles. The molecule has 0 aromatic heterocycles. The Balaban J connectivity index is 1.58. The molecule has 0 bridgehead atoms. The number of thioether (sulfide) groups is 1. The van der Waals surface area contributed by atoms with E-state index in [9.17, 15) is 14.4 Å². The summed E-state index contributed by atoms with van der Waals surface area (Å²) in [7, 11) is 0. The molecular weight excluding hydrogens is 412 g/mol. The minimum Gasteiger partial charge on any atom is -0.481 e. The summed E-state index contributed by atoms with van der Waals surface area (Å²) >= 11 is 1.45. The molecule has 3 fully saturated rings. The number of terminal acetylenes is 1. The Morgan fingerprint density at radius 1 is 1.19 bits per heavy atom. The number of hydrogen-bond acceptors (Lipinski definition) is 5.